The summed E-state index contributed by atoms with van der Waals surface area (Å²) >= 11 is 1.86. The fourth-order valence-corrected chi connectivity index (χ4v) is 2.08. The Morgan fingerprint density at radius 2 is 2.19 bits per heavy atom. The third kappa shape index (κ3) is 6.37. The first-order valence-electron chi connectivity index (χ1n) is 7.47. The van der Waals surface area contributed by atoms with Crippen LogP contribution in [0.1, 0.15) is 38.3 Å². The minimum Gasteiger partial charge on any atom is -0.356 e. The van der Waals surface area contributed by atoms with E-state index in [1.54, 1.807) is 0 Å². The van der Waals surface area contributed by atoms with E-state index < -0.39 is 0 Å². The van der Waals surface area contributed by atoms with E-state index in [0.717, 1.165) is 42.7 Å². The van der Waals surface area contributed by atoms with Crippen molar-refractivity contribution in [2.45, 2.75) is 46.2 Å². The Morgan fingerprint density at radius 3 is 2.76 bits per heavy atom. The van der Waals surface area contributed by atoms with Gasteiger partial charge in [-0.3, -0.25) is 0 Å². The summed E-state index contributed by atoms with van der Waals surface area (Å²) in [5.41, 5.74) is 0. The van der Waals surface area contributed by atoms with Gasteiger partial charge in [0.05, 0.1) is 0 Å². The number of hydrogen-bond acceptors (Lipinski definition) is 4. The fourth-order valence-electron chi connectivity index (χ4n) is 1.65. The first-order valence-corrected chi connectivity index (χ1v) is 8.86. The van der Waals surface area contributed by atoms with Crippen molar-refractivity contribution in [1.29, 1.82) is 0 Å². The van der Waals surface area contributed by atoms with Gasteiger partial charge >= 0.3 is 0 Å². The average Bonchev–Trinajstić information content (AvgIpc) is 2.80. The quantitative estimate of drug-likeness (QED) is 0.434. The summed E-state index contributed by atoms with van der Waals surface area (Å²) in [7, 11) is 1.97. The van der Waals surface area contributed by atoms with E-state index in [4.69, 9.17) is 0 Å². The zero-order valence-corrected chi connectivity index (χ0v) is 14.6. The second-order valence-electron chi connectivity index (χ2n) is 5.11. The minimum atomic E-state index is 0.401. The van der Waals surface area contributed by atoms with E-state index in [2.05, 4.69) is 45.9 Å². The second kappa shape index (κ2) is 9.65. The van der Waals surface area contributed by atoms with Gasteiger partial charge in [-0.1, -0.05) is 6.92 Å². The van der Waals surface area contributed by atoms with Crippen molar-refractivity contribution in [3.8, 4) is 0 Å². The van der Waals surface area contributed by atoms with Crippen LogP contribution >= 0.6 is 11.8 Å². The number of nitrogens with one attached hydrogen (secondary N) is 2. The highest BCUT2D eigenvalue weighted by atomic mass is 32.2. The monoisotopic (exact) mass is 312 g/mol. The number of aryl methyl sites for hydroxylation is 1. The number of nitrogens with zero attached hydrogens (tertiary/aromatic N) is 4. The van der Waals surface area contributed by atoms with Crippen LogP contribution in [0.25, 0.3) is 0 Å². The number of thioether (sulfide) groups is 1. The molecule has 120 valence electrons. The molecule has 0 aliphatic carbocycles. The van der Waals surface area contributed by atoms with E-state index in [-0.39, 0.29) is 0 Å². The lowest BCUT2D eigenvalue weighted by atomic mass is 10.3. The molecule has 1 rings (SSSR count). The molecule has 0 saturated carbocycles. The van der Waals surface area contributed by atoms with Crippen molar-refractivity contribution < 1.29 is 0 Å². The molecule has 1 heterocycles. The van der Waals surface area contributed by atoms with Gasteiger partial charge in [-0.25, -0.2) is 4.99 Å². The SMILES string of the molecule is CCC(C)NC(=NCc1nnc(C)n1C)NCCCSC. The number of aromatic nitrogens is 3. The predicted octanol–water partition coefficient (Wildman–Crippen LogP) is 1.71. The maximum atomic E-state index is 4.62. The van der Waals surface area contributed by atoms with E-state index >= 15 is 0 Å². The first-order chi connectivity index (χ1) is 10.1. The Kier molecular flexibility index (Phi) is 8.19. The normalized spacial score (nSPS) is 13.3. The maximum Gasteiger partial charge on any atom is 0.191 e. The summed E-state index contributed by atoms with van der Waals surface area (Å²) in [6.07, 6.45) is 4.32. The molecule has 6 nitrogen and oxygen atoms in total. The van der Waals surface area contributed by atoms with Crippen molar-refractivity contribution in [1.82, 2.24) is 25.4 Å². The molecule has 1 aromatic rings. The highest BCUT2D eigenvalue weighted by molar-refractivity contribution is 7.98. The highest BCUT2D eigenvalue weighted by Gasteiger charge is 2.06. The molecule has 1 unspecified atom stereocenters. The molecular weight excluding hydrogens is 284 g/mol. The molecule has 0 saturated heterocycles. The van der Waals surface area contributed by atoms with Gasteiger partial charge < -0.3 is 15.2 Å². The van der Waals surface area contributed by atoms with Crippen LogP contribution in [0.15, 0.2) is 4.99 Å². The Labute approximate surface area is 132 Å². The van der Waals surface area contributed by atoms with E-state index in [9.17, 15) is 0 Å². The van der Waals surface area contributed by atoms with E-state index in [1.807, 2.05) is 30.3 Å². The smallest absolute Gasteiger partial charge is 0.191 e. The molecular formula is C14H28N6S. The molecule has 0 aliphatic heterocycles. The van der Waals surface area contributed by atoms with E-state index in [0.29, 0.717) is 12.6 Å². The van der Waals surface area contributed by atoms with Crippen LogP contribution in [0, 0.1) is 6.92 Å². The maximum absolute atomic E-state index is 4.62. The summed E-state index contributed by atoms with van der Waals surface area (Å²) in [4.78, 5) is 4.62. The molecule has 1 atom stereocenters. The highest BCUT2D eigenvalue weighted by Crippen LogP contribution is 2.00. The van der Waals surface area contributed by atoms with Gasteiger partial charge in [-0.15, -0.1) is 10.2 Å². The lowest BCUT2D eigenvalue weighted by Gasteiger charge is -2.17. The van der Waals surface area contributed by atoms with Crippen molar-refractivity contribution >= 4 is 17.7 Å². The minimum absolute atomic E-state index is 0.401. The standard InChI is InChI=1S/C14H28N6S/c1-6-11(2)17-14(15-8-7-9-21-5)16-10-13-19-18-12(3)20(13)4/h11H,6-10H2,1-5H3,(H2,15,16,17). The molecule has 0 aliphatic rings. The first kappa shape index (κ1) is 17.8. The Morgan fingerprint density at radius 1 is 1.43 bits per heavy atom. The molecule has 2 N–H and O–H groups in total. The van der Waals surface area contributed by atoms with Gasteiger partial charge in [0, 0.05) is 19.6 Å². The number of aliphatic imine (C=N–C) groups is 1. The molecule has 0 spiro atoms. The van der Waals surface area contributed by atoms with Gasteiger partial charge in [0.15, 0.2) is 11.8 Å². The Bertz CT molecular complexity index is 443. The largest absolute Gasteiger partial charge is 0.356 e. The van der Waals surface area contributed by atoms with Gasteiger partial charge in [0.1, 0.15) is 12.4 Å². The molecule has 1 aromatic heterocycles. The van der Waals surface area contributed by atoms with Gasteiger partial charge in [0.25, 0.3) is 0 Å². The number of hydrogen-bond donors (Lipinski definition) is 2. The van der Waals surface area contributed by atoms with Gasteiger partial charge in [0.2, 0.25) is 0 Å². The molecule has 0 fully saturated rings. The lowest BCUT2D eigenvalue weighted by Crippen LogP contribution is -2.42. The van der Waals surface area contributed by atoms with Crippen molar-refractivity contribution in [3.63, 3.8) is 0 Å². The van der Waals surface area contributed by atoms with Crippen LogP contribution in [0.5, 0.6) is 0 Å². The average molecular weight is 312 g/mol. The van der Waals surface area contributed by atoms with Crippen LogP contribution in [-0.4, -0.2) is 45.3 Å². The molecule has 7 heteroatoms. The zero-order chi connectivity index (χ0) is 15.7. The molecule has 21 heavy (non-hydrogen) atoms. The molecule has 0 bridgehead atoms. The summed E-state index contributed by atoms with van der Waals surface area (Å²) < 4.78 is 1.97. The van der Waals surface area contributed by atoms with Crippen LogP contribution in [0.4, 0.5) is 0 Å². The van der Waals surface area contributed by atoms with Crippen LogP contribution in [-0.2, 0) is 13.6 Å². The third-order valence-corrected chi connectivity index (χ3v) is 4.07. The van der Waals surface area contributed by atoms with Crippen LogP contribution < -0.4 is 10.6 Å². The van der Waals surface area contributed by atoms with E-state index in [1.165, 1.54) is 0 Å². The van der Waals surface area contributed by atoms with Crippen molar-refractivity contribution in [2.75, 3.05) is 18.6 Å². The van der Waals surface area contributed by atoms with Crippen molar-refractivity contribution in [3.05, 3.63) is 11.6 Å². The van der Waals surface area contributed by atoms with Crippen LogP contribution in [0.3, 0.4) is 0 Å². The van der Waals surface area contributed by atoms with Crippen molar-refractivity contribution in [2.24, 2.45) is 12.0 Å². The lowest BCUT2D eigenvalue weighted by molar-refractivity contribution is 0.619. The third-order valence-electron chi connectivity index (χ3n) is 3.37. The predicted molar refractivity (Wildman–Crippen MR) is 90.8 cm³/mol. The summed E-state index contributed by atoms with van der Waals surface area (Å²) in [6.45, 7) is 7.73. The van der Waals surface area contributed by atoms with Gasteiger partial charge in [-0.05, 0) is 38.7 Å². The Balaban J connectivity index is 2.60. The number of guanidine groups is 1. The Hall–Kier alpha value is -1.24. The molecule has 0 aromatic carbocycles. The zero-order valence-electron chi connectivity index (χ0n) is 13.8. The molecule has 0 radical (unpaired) electrons. The number of rotatable bonds is 8. The van der Waals surface area contributed by atoms with Gasteiger partial charge in [-0.2, -0.15) is 11.8 Å². The fraction of sp³-hybridized carbons (Fsp3) is 0.786. The second-order valence-corrected chi connectivity index (χ2v) is 6.10. The van der Waals surface area contributed by atoms with Crippen LogP contribution in [0.2, 0.25) is 0 Å². The summed E-state index contributed by atoms with van der Waals surface area (Å²) in [5.74, 6) is 3.80. The summed E-state index contributed by atoms with van der Waals surface area (Å²) in [6, 6.07) is 0.401. The summed E-state index contributed by atoms with van der Waals surface area (Å²) in [5, 5.41) is 15.0. The topological polar surface area (TPSA) is 67.1 Å². The molecule has 0 amide bonds.